The van der Waals surface area contributed by atoms with E-state index in [1.54, 1.807) is 11.3 Å². The number of hydrogen-bond acceptors (Lipinski definition) is 6. The van der Waals surface area contributed by atoms with Crippen LogP contribution in [-0.2, 0) is 6.54 Å². The Morgan fingerprint density at radius 2 is 2.23 bits per heavy atom. The summed E-state index contributed by atoms with van der Waals surface area (Å²) in [6.45, 7) is 3.14. The maximum atomic E-state index is 9.78. The highest BCUT2D eigenvalue weighted by Gasteiger charge is 2.24. The Hall–Kier alpha value is -1.24. The molecular formula is C16H23N3O2S. The minimum Gasteiger partial charge on any atom is -0.392 e. The van der Waals surface area contributed by atoms with Gasteiger partial charge in [-0.25, -0.2) is 0 Å². The summed E-state index contributed by atoms with van der Waals surface area (Å²) in [5.41, 5.74) is 0.975. The Morgan fingerprint density at radius 1 is 1.41 bits per heavy atom. The van der Waals surface area contributed by atoms with Gasteiger partial charge in [0.05, 0.1) is 18.2 Å². The maximum Gasteiger partial charge on any atom is 0.258 e. The molecule has 5 nitrogen and oxygen atoms in total. The molecule has 0 amide bonds. The predicted octanol–water partition coefficient (Wildman–Crippen LogP) is 3.31. The lowest BCUT2D eigenvalue weighted by atomic mass is 9.94. The molecule has 22 heavy (non-hydrogen) atoms. The summed E-state index contributed by atoms with van der Waals surface area (Å²) in [6, 6.07) is 2.50. The molecule has 2 heterocycles. The molecule has 0 saturated heterocycles. The summed E-state index contributed by atoms with van der Waals surface area (Å²) in [5.74, 6) is 1.28. The predicted molar refractivity (Wildman–Crippen MR) is 86.6 cm³/mol. The zero-order chi connectivity index (χ0) is 15.4. The molecule has 2 aromatic rings. The summed E-state index contributed by atoms with van der Waals surface area (Å²) >= 11 is 1.62. The van der Waals surface area contributed by atoms with Crippen molar-refractivity contribution in [1.82, 2.24) is 15.0 Å². The van der Waals surface area contributed by atoms with Crippen LogP contribution in [0.2, 0.25) is 0 Å². The van der Waals surface area contributed by atoms with Gasteiger partial charge in [-0.1, -0.05) is 24.4 Å². The highest BCUT2D eigenvalue weighted by molar-refractivity contribution is 7.08. The van der Waals surface area contributed by atoms with E-state index in [-0.39, 0.29) is 6.10 Å². The zero-order valence-corrected chi connectivity index (χ0v) is 13.8. The first-order valence-corrected chi connectivity index (χ1v) is 8.94. The molecule has 6 heteroatoms. The van der Waals surface area contributed by atoms with Crippen molar-refractivity contribution in [3.63, 3.8) is 0 Å². The molecule has 1 unspecified atom stereocenters. The minimum atomic E-state index is -0.342. The lowest BCUT2D eigenvalue weighted by Crippen LogP contribution is -2.40. The number of hydrogen-bond donors (Lipinski definition) is 1. The molecule has 2 aromatic heterocycles. The molecule has 1 aliphatic rings. The van der Waals surface area contributed by atoms with Crippen molar-refractivity contribution in [2.24, 2.45) is 0 Å². The largest absolute Gasteiger partial charge is 0.392 e. The van der Waals surface area contributed by atoms with Crippen LogP contribution >= 0.6 is 11.3 Å². The van der Waals surface area contributed by atoms with E-state index < -0.39 is 0 Å². The van der Waals surface area contributed by atoms with Crippen molar-refractivity contribution in [3.8, 4) is 11.5 Å². The zero-order valence-electron chi connectivity index (χ0n) is 12.9. The molecule has 0 aliphatic heterocycles. The van der Waals surface area contributed by atoms with Crippen LogP contribution in [0.4, 0.5) is 0 Å². The second-order valence-corrected chi connectivity index (χ2v) is 6.88. The fourth-order valence-corrected chi connectivity index (χ4v) is 3.76. The van der Waals surface area contributed by atoms with Gasteiger partial charge >= 0.3 is 0 Å². The van der Waals surface area contributed by atoms with Gasteiger partial charge < -0.3 is 9.63 Å². The lowest BCUT2D eigenvalue weighted by Gasteiger charge is -2.34. The average molecular weight is 321 g/mol. The lowest BCUT2D eigenvalue weighted by molar-refractivity contribution is 0.0744. The molecule has 3 rings (SSSR count). The van der Waals surface area contributed by atoms with Crippen molar-refractivity contribution in [3.05, 3.63) is 22.7 Å². The van der Waals surface area contributed by atoms with E-state index in [4.69, 9.17) is 4.52 Å². The van der Waals surface area contributed by atoms with Crippen LogP contribution in [0.3, 0.4) is 0 Å². The van der Waals surface area contributed by atoms with Crippen molar-refractivity contribution in [2.75, 3.05) is 6.54 Å². The van der Waals surface area contributed by atoms with E-state index in [9.17, 15) is 5.11 Å². The standard InChI is InChI=1S/C16H23N3O2S/c1-12(20)9-19(14-5-3-2-4-6-14)10-15-17-16(21-18-15)13-7-8-22-11-13/h7-8,11-12,14,20H,2-6,9-10H2,1H3. The normalized spacial score (nSPS) is 18.0. The number of thiophene rings is 1. The van der Waals surface area contributed by atoms with Crippen LogP contribution in [0.5, 0.6) is 0 Å². The van der Waals surface area contributed by atoms with Crippen LogP contribution in [0, 0.1) is 0 Å². The van der Waals surface area contributed by atoms with Gasteiger partial charge in [0.25, 0.3) is 5.89 Å². The monoisotopic (exact) mass is 321 g/mol. The highest BCUT2D eigenvalue weighted by atomic mass is 32.1. The van der Waals surface area contributed by atoms with Crippen LogP contribution in [0.1, 0.15) is 44.9 Å². The molecule has 0 spiro atoms. The molecule has 120 valence electrons. The van der Waals surface area contributed by atoms with Crippen molar-refractivity contribution >= 4 is 11.3 Å². The van der Waals surface area contributed by atoms with Crippen LogP contribution in [0.15, 0.2) is 21.3 Å². The first-order valence-electron chi connectivity index (χ1n) is 7.99. The van der Waals surface area contributed by atoms with E-state index in [0.717, 1.165) is 5.56 Å². The molecule has 1 saturated carbocycles. The van der Waals surface area contributed by atoms with Gasteiger partial charge in [-0.2, -0.15) is 16.3 Å². The van der Waals surface area contributed by atoms with Crippen molar-refractivity contribution in [2.45, 2.75) is 57.7 Å². The van der Waals surface area contributed by atoms with Gasteiger partial charge in [-0.15, -0.1) is 0 Å². The topological polar surface area (TPSA) is 62.4 Å². The number of aliphatic hydroxyl groups excluding tert-OH is 1. The van der Waals surface area contributed by atoms with Gasteiger partial charge in [0.15, 0.2) is 5.82 Å². The Morgan fingerprint density at radius 3 is 2.91 bits per heavy atom. The average Bonchev–Trinajstić information content (AvgIpc) is 3.18. The second-order valence-electron chi connectivity index (χ2n) is 6.10. The summed E-state index contributed by atoms with van der Waals surface area (Å²) in [5, 5.41) is 17.9. The van der Waals surface area contributed by atoms with Crippen LogP contribution in [0.25, 0.3) is 11.5 Å². The second kappa shape index (κ2) is 7.35. The SMILES string of the molecule is CC(O)CN(Cc1noc(-c2ccsc2)n1)C1CCCCC1. The van der Waals surface area contributed by atoms with Gasteiger partial charge in [-0.05, 0) is 31.2 Å². The van der Waals surface area contributed by atoms with Crippen molar-refractivity contribution in [1.29, 1.82) is 0 Å². The molecule has 0 radical (unpaired) electrons. The molecular weight excluding hydrogens is 298 g/mol. The first-order chi connectivity index (χ1) is 10.7. The minimum absolute atomic E-state index is 0.342. The molecule has 1 fully saturated rings. The first kappa shape index (κ1) is 15.6. The van der Waals surface area contributed by atoms with Crippen LogP contribution < -0.4 is 0 Å². The third kappa shape index (κ3) is 3.94. The summed E-state index contributed by atoms with van der Waals surface area (Å²) in [6.07, 6.45) is 5.92. The van der Waals surface area contributed by atoms with Crippen molar-refractivity contribution < 1.29 is 9.63 Å². The quantitative estimate of drug-likeness (QED) is 0.884. The van der Waals surface area contributed by atoms with Gasteiger partial charge in [0.1, 0.15) is 0 Å². The smallest absolute Gasteiger partial charge is 0.258 e. The van der Waals surface area contributed by atoms with E-state index in [2.05, 4.69) is 15.0 Å². The third-order valence-electron chi connectivity index (χ3n) is 4.17. The highest BCUT2D eigenvalue weighted by Crippen LogP contribution is 2.25. The van der Waals surface area contributed by atoms with Crippen LogP contribution in [-0.4, -0.2) is 38.8 Å². The molecule has 1 aliphatic carbocycles. The van der Waals surface area contributed by atoms with E-state index >= 15 is 0 Å². The maximum absolute atomic E-state index is 9.78. The number of aliphatic hydroxyl groups is 1. The summed E-state index contributed by atoms with van der Waals surface area (Å²) in [7, 11) is 0. The van der Waals surface area contributed by atoms with Gasteiger partial charge in [-0.3, -0.25) is 4.90 Å². The third-order valence-corrected chi connectivity index (χ3v) is 4.85. The Bertz CT molecular complexity index is 562. The van der Waals surface area contributed by atoms with E-state index in [1.807, 2.05) is 23.8 Å². The van der Waals surface area contributed by atoms with E-state index in [0.29, 0.717) is 30.8 Å². The number of rotatable bonds is 6. The number of aromatic nitrogens is 2. The fraction of sp³-hybridized carbons (Fsp3) is 0.625. The Balaban J connectivity index is 1.69. The van der Waals surface area contributed by atoms with Gasteiger partial charge in [0, 0.05) is 18.0 Å². The van der Waals surface area contributed by atoms with E-state index in [1.165, 1.54) is 32.1 Å². The number of nitrogens with zero attached hydrogens (tertiary/aromatic N) is 3. The Labute approximate surface area is 135 Å². The Kier molecular flexibility index (Phi) is 5.23. The molecule has 0 aromatic carbocycles. The summed E-state index contributed by atoms with van der Waals surface area (Å²) in [4.78, 5) is 6.81. The molecule has 1 atom stereocenters. The summed E-state index contributed by atoms with van der Waals surface area (Å²) < 4.78 is 5.36. The van der Waals surface area contributed by atoms with Gasteiger partial charge in [0.2, 0.25) is 0 Å². The molecule has 0 bridgehead atoms. The molecule has 1 N–H and O–H groups in total. The fourth-order valence-electron chi connectivity index (χ4n) is 3.13.